The molecular weight excluding hydrogens is 277 g/mol. The average Bonchev–Trinajstić information content (AvgIpc) is 2.42. The Balaban J connectivity index is 2.34. The van der Waals surface area contributed by atoms with Crippen LogP contribution in [0.3, 0.4) is 0 Å². The third-order valence-electron chi connectivity index (χ3n) is 2.79. The van der Waals surface area contributed by atoms with Crippen LogP contribution in [0.25, 0.3) is 0 Å². The average molecular weight is 291 g/mol. The predicted octanol–water partition coefficient (Wildman–Crippen LogP) is 2.95. The van der Waals surface area contributed by atoms with E-state index in [0.717, 1.165) is 23.8 Å². The van der Waals surface area contributed by atoms with Crippen molar-refractivity contribution >= 4 is 5.69 Å². The molecule has 0 atom stereocenters. The van der Waals surface area contributed by atoms with Crippen LogP contribution >= 0.6 is 0 Å². The summed E-state index contributed by atoms with van der Waals surface area (Å²) in [6.45, 7) is 2.42. The largest absolute Gasteiger partial charge is 0.431 e. The lowest BCUT2D eigenvalue weighted by molar-refractivity contribution is -0.385. The molecule has 6 nitrogen and oxygen atoms in total. The van der Waals surface area contributed by atoms with Gasteiger partial charge in [-0.3, -0.25) is 10.1 Å². The van der Waals surface area contributed by atoms with E-state index in [9.17, 15) is 14.5 Å². The minimum Gasteiger partial charge on any atom is -0.431 e. The molecule has 0 saturated carbocycles. The summed E-state index contributed by atoms with van der Waals surface area (Å²) in [5.74, 6) is -0.569. The smallest absolute Gasteiger partial charge is 0.311 e. The Kier molecular flexibility index (Phi) is 4.44. The standard InChI is InChI=1S/C14H14FN3O3/c1-9-5-10(7-16-2)8-17-14(9)21-13-6-11(15)3-4-12(13)18(19)20/h3-6,8,16H,7H2,1-2H3. The molecule has 0 unspecified atom stereocenters. The molecule has 0 saturated heterocycles. The van der Waals surface area contributed by atoms with Gasteiger partial charge in [-0.05, 0) is 31.7 Å². The number of ether oxygens (including phenoxy) is 1. The first-order chi connectivity index (χ1) is 10.0. The second-order valence-corrected chi connectivity index (χ2v) is 4.47. The van der Waals surface area contributed by atoms with Gasteiger partial charge in [0.1, 0.15) is 5.82 Å². The molecule has 1 N–H and O–H groups in total. The second kappa shape index (κ2) is 6.27. The van der Waals surface area contributed by atoms with Crippen molar-refractivity contribution in [2.24, 2.45) is 0 Å². The third kappa shape index (κ3) is 3.51. The van der Waals surface area contributed by atoms with E-state index in [1.165, 1.54) is 0 Å². The van der Waals surface area contributed by atoms with Crippen molar-refractivity contribution in [3.63, 3.8) is 0 Å². The number of pyridine rings is 1. The Morgan fingerprint density at radius 3 is 2.81 bits per heavy atom. The van der Waals surface area contributed by atoms with Gasteiger partial charge in [-0.1, -0.05) is 0 Å². The zero-order valence-electron chi connectivity index (χ0n) is 11.6. The molecule has 0 bridgehead atoms. The third-order valence-corrected chi connectivity index (χ3v) is 2.79. The zero-order chi connectivity index (χ0) is 15.4. The van der Waals surface area contributed by atoms with Gasteiger partial charge in [0.05, 0.1) is 4.92 Å². The van der Waals surface area contributed by atoms with Gasteiger partial charge in [0.15, 0.2) is 0 Å². The molecule has 1 aromatic carbocycles. The van der Waals surface area contributed by atoms with Crippen LogP contribution in [-0.2, 0) is 6.54 Å². The highest BCUT2D eigenvalue weighted by molar-refractivity contribution is 5.48. The molecule has 0 spiro atoms. The maximum absolute atomic E-state index is 13.2. The molecule has 0 radical (unpaired) electrons. The van der Waals surface area contributed by atoms with E-state index in [2.05, 4.69) is 10.3 Å². The fraction of sp³-hybridized carbons (Fsp3) is 0.214. The number of halogens is 1. The summed E-state index contributed by atoms with van der Waals surface area (Å²) < 4.78 is 18.6. The molecule has 21 heavy (non-hydrogen) atoms. The number of nitro groups is 1. The molecule has 0 aliphatic rings. The molecule has 2 rings (SSSR count). The lowest BCUT2D eigenvalue weighted by atomic mass is 10.2. The number of rotatable bonds is 5. The van der Waals surface area contributed by atoms with Crippen LogP contribution in [0.4, 0.5) is 10.1 Å². The molecule has 7 heteroatoms. The van der Waals surface area contributed by atoms with Crippen LogP contribution in [0.5, 0.6) is 11.6 Å². The lowest BCUT2D eigenvalue weighted by Gasteiger charge is -2.09. The first-order valence-corrected chi connectivity index (χ1v) is 6.23. The number of aromatic nitrogens is 1. The van der Waals surface area contributed by atoms with Crippen molar-refractivity contribution in [2.75, 3.05) is 7.05 Å². The zero-order valence-corrected chi connectivity index (χ0v) is 11.6. The summed E-state index contributed by atoms with van der Waals surface area (Å²) >= 11 is 0. The van der Waals surface area contributed by atoms with Gasteiger partial charge in [0.2, 0.25) is 11.6 Å². The van der Waals surface area contributed by atoms with E-state index >= 15 is 0 Å². The highest BCUT2D eigenvalue weighted by atomic mass is 19.1. The topological polar surface area (TPSA) is 77.3 Å². The highest BCUT2D eigenvalue weighted by Gasteiger charge is 2.18. The summed E-state index contributed by atoms with van der Waals surface area (Å²) in [7, 11) is 1.82. The lowest BCUT2D eigenvalue weighted by Crippen LogP contribution is -2.06. The molecule has 0 fully saturated rings. The molecule has 1 heterocycles. The van der Waals surface area contributed by atoms with Crippen molar-refractivity contribution < 1.29 is 14.1 Å². The fourth-order valence-corrected chi connectivity index (χ4v) is 1.85. The van der Waals surface area contributed by atoms with E-state index < -0.39 is 10.7 Å². The van der Waals surface area contributed by atoms with Crippen LogP contribution in [0.15, 0.2) is 30.5 Å². The van der Waals surface area contributed by atoms with Gasteiger partial charge in [-0.25, -0.2) is 9.37 Å². The number of nitrogens with zero attached hydrogens (tertiary/aromatic N) is 2. The van der Waals surface area contributed by atoms with E-state index in [-0.39, 0.29) is 17.3 Å². The van der Waals surface area contributed by atoms with Gasteiger partial charge in [0.25, 0.3) is 0 Å². The van der Waals surface area contributed by atoms with E-state index in [0.29, 0.717) is 12.1 Å². The highest BCUT2D eigenvalue weighted by Crippen LogP contribution is 2.32. The van der Waals surface area contributed by atoms with Crippen molar-refractivity contribution in [1.82, 2.24) is 10.3 Å². The first kappa shape index (κ1) is 14.9. The Morgan fingerprint density at radius 2 is 2.19 bits per heavy atom. The molecule has 1 aromatic heterocycles. The Labute approximate surface area is 120 Å². The van der Waals surface area contributed by atoms with Crippen LogP contribution in [0.1, 0.15) is 11.1 Å². The number of hydrogen-bond donors (Lipinski definition) is 1. The minimum absolute atomic E-state index is 0.169. The number of benzene rings is 1. The molecule has 2 aromatic rings. The molecule has 0 aliphatic carbocycles. The normalized spacial score (nSPS) is 10.4. The van der Waals surface area contributed by atoms with Gasteiger partial charge in [0, 0.05) is 30.4 Å². The van der Waals surface area contributed by atoms with Gasteiger partial charge in [-0.15, -0.1) is 0 Å². The van der Waals surface area contributed by atoms with Crippen molar-refractivity contribution in [1.29, 1.82) is 0 Å². The van der Waals surface area contributed by atoms with Crippen LogP contribution < -0.4 is 10.1 Å². The van der Waals surface area contributed by atoms with E-state index in [1.807, 2.05) is 13.1 Å². The quantitative estimate of drug-likeness (QED) is 0.677. The number of nitro benzene ring substituents is 1. The molecular formula is C14H14FN3O3. The summed E-state index contributed by atoms with van der Waals surface area (Å²) in [6.07, 6.45) is 1.60. The Morgan fingerprint density at radius 1 is 1.43 bits per heavy atom. The summed E-state index contributed by atoms with van der Waals surface area (Å²) in [5.41, 5.74) is 1.36. The summed E-state index contributed by atoms with van der Waals surface area (Å²) in [6, 6.07) is 4.90. The second-order valence-electron chi connectivity index (χ2n) is 4.47. The maximum Gasteiger partial charge on any atom is 0.311 e. The van der Waals surface area contributed by atoms with Gasteiger partial charge >= 0.3 is 5.69 Å². The van der Waals surface area contributed by atoms with Gasteiger partial charge in [-0.2, -0.15) is 0 Å². The van der Waals surface area contributed by atoms with E-state index in [4.69, 9.17) is 4.74 Å². The Bertz CT molecular complexity index is 677. The predicted molar refractivity (Wildman–Crippen MR) is 74.9 cm³/mol. The SMILES string of the molecule is CNCc1cnc(Oc2cc(F)ccc2[N+](=O)[O-])c(C)c1. The van der Waals surface area contributed by atoms with Gasteiger partial charge < -0.3 is 10.1 Å². The number of hydrogen-bond acceptors (Lipinski definition) is 5. The number of nitrogens with one attached hydrogen (secondary N) is 1. The Hall–Kier alpha value is -2.54. The molecule has 0 amide bonds. The minimum atomic E-state index is -0.626. The maximum atomic E-state index is 13.2. The van der Waals surface area contributed by atoms with Crippen molar-refractivity contribution in [3.8, 4) is 11.6 Å². The van der Waals surface area contributed by atoms with Crippen LogP contribution in [-0.4, -0.2) is 17.0 Å². The summed E-state index contributed by atoms with van der Waals surface area (Å²) in [4.78, 5) is 14.4. The van der Waals surface area contributed by atoms with Crippen LogP contribution in [0, 0.1) is 22.9 Å². The van der Waals surface area contributed by atoms with Crippen molar-refractivity contribution in [2.45, 2.75) is 13.5 Å². The van der Waals surface area contributed by atoms with Crippen molar-refractivity contribution in [3.05, 3.63) is 57.5 Å². The molecule has 110 valence electrons. The number of aryl methyl sites for hydroxylation is 1. The first-order valence-electron chi connectivity index (χ1n) is 6.23. The summed E-state index contributed by atoms with van der Waals surface area (Å²) in [5, 5.41) is 13.9. The van der Waals surface area contributed by atoms with Crippen LogP contribution in [0.2, 0.25) is 0 Å². The monoisotopic (exact) mass is 291 g/mol. The molecule has 0 aliphatic heterocycles. The van der Waals surface area contributed by atoms with E-state index in [1.54, 1.807) is 13.1 Å². The fourth-order valence-electron chi connectivity index (χ4n) is 1.85.